The highest BCUT2D eigenvalue weighted by molar-refractivity contribution is 5.29. The summed E-state index contributed by atoms with van der Waals surface area (Å²) in [5, 5.41) is 0. The highest BCUT2D eigenvalue weighted by Gasteiger charge is 2.06. The number of rotatable bonds is 12. The van der Waals surface area contributed by atoms with Gasteiger partial charge in [-0.15, -0.1) is 0 Å². The number of unbranched alkanes of at least 4 members (excludes halogenated alkanes) is 1. The van der Waals surface area contributed by atoms with E-state index in [2.05, 4.69) is 13.8 Å². The summed E-state index contributed by atoms with van der Waals surface area (Å²) in [4.78, 5) is 0. The SMILES string of the molecule is CCCCOCCOCC(N)c1ccc(OCCC)cc1. The van der Waals surface area contributed by atoms with Crippen LogP contribution in [0.25, 0.3) is 0 Å². The molecule has 0 amide bonds. The Morgan fingerprint density at radius 3 is 2.29 bits per heavy atom. The Labute approximate surface area is 128 Å². The van der Waals surface area contributed by atoms with E-state index >= 15 is 0 Å². The predicted octanol–water partition coefficient (Wildman–Crippen LogP) is 3.31. The van der Waals surface area contributed by atoms with Crippen LogP contribution in [-0.4, -0.2) is 33.0 Å². The lowest BCUT2D eigenvalue weighted by Crippen LogP contribution is -2.18. The van der Waals surface area contributed by atoms with Gasteiger partial charge in [-0.1, -0.05) is 32.4 Å². The third-order valence-corrected chi connectivity index (χ3v) is 3.09. The predicted molar refractivity (Wildman–Crippen MR) is 85.7 cm³/mol. The first-order chi connectivity index (χ1) is 10.3. The third-order valence-electron chi connectivity index (χ3n) is 3.09. The molecule has 0 saturated carbocycles. The molecule has 0 spiro atoms. The summed E-state index contributed by atoms with van der Waals surface area (Å²) >= 11 is 0. The zero-order chi connectivity index (χ0) is 15.3. The van der Waals surface area contributed by atoms with E-state index in [1.165, 1.54) is 0 Å². The molecule has 1 unspecified atom stereocenters. The normalized spacial score (nSPS) is 12.3. The molecule has 0 aromatic heterocycles. The van der Waals surface area contributed by atoms with Crippen LogP contribution in [0.4, 0.5) is 0 Å². The standard InChI is InChI=1S/C17H29NO3/c1-3-5-11-19-12-13-20-14-17(18)15-6-8-16(9-7-15)21-10-4-2/h6-9,17H,3-5,10-14,18H2,1-2H3. The number of nitrogens with two attached hydrogens (primary N) is 1. The Hall–Kier alpha value is -1.10. The molecule has 1 aromatic rings. The zero-order valence-corrected chi connectivity index (χ0v) is 13.3. The number of hydrogen-bond acceptors (Lipinski definition) is 4. The van der Waals surface area contributed by atoms with Gasteiger partial charge >= 0.3 is 0 Å². The average molecular weight is 295 g/mol. The van der Waals surface area contributed by atoms with Gasteiger partial charge in [-0.05, 0) is 30.5 Å². The fraction of sp³-hybridized carbons (Fsp3) is 0.647. The quantitative estimate of drug-likeness (QED) is 0.601. The molecule has 0 aliphatic rings. The van der Waals surface area contributed by atoms with E-state index < -0.39 is 0 Å². The van der Waals surface area contributed by atoms with Crippen molar-refractivity contribution >= 4 is 0 Å². The van der Waals surface area contributed by atoms with E-state index in [-0.39, 0.29) is 6.04 Å². The van der Waals surface area contributed by atoms with Gasteiger partial charge in [0.15, 0.2) is 0 Å². The largest absolute Gasteiger partial charge is 0.494 e. The van der Waals surface area contributed by atoms with Gasteiger partial charge in [0.05, 0.1) is 32.5 Å². The van der Waals surface area contributed by atoms with E-state index in [1.807, 2.05) is 24.3 Å². The fourth-order valence-electron chi connectivity index (χ4n) is 1.80. The van der Waals surface area contributed by atoms with Gasteiger partial charge in [-0.3, -0.25) is 0 Å². The van der Waals surface area contributed by atoms with Crippen molar-refractivity contribution in [1.29, 1.82) is 0 Å². The summed E-state index contributed by atoms with van der Waals surface area (Å²) in [6.45, 7) is 7.53. The molecule has 0 fully saturated rings. The minimum Gasteiger partial charge on any atom is -0.494 e. The fourth-order valence-corrected chi connectivity index (χ4v) is 1.80. The second-order valence-electron chi connectivity index (χ2n) is 5.06. The summed E-state index contributed by atoms with van der Waals surface area (Å²) in [5.41, 5.74) is 7.16. The second kappa shape index (κ2) is 11.5. The number of ether oxygens (including phenoxy) is 3. The van der Waals surface area contributed by atoms with Crippen molar-refractivity contribution < 1.29 is 14.2 Å². The van der Waals surface area contributed by atoms with Crippen molar-refractivity contribution in [2.24, 2.45) is 5.73 Å². The second-order valence-corrected chi connectivity index (χ2v) is 5.06. The number of hydrogen-bond donors (Lipinski definition) is 1. The summed E-state index contributed by atoms with van der Waals surface area (Å²) in [6, 6.07) is 7.80. The molecule has 0 saturated heterocycles. The lowest BCUT2D eigenvalue weighted by molar-refractivity contribution is 0.0416. The van der Waals surface area contributed by atoms with Crippen LogP contribution in [-0.2, 0) is 9.47 Å². The van der Waals surface area contributed by atoms with E-state index in [9.17, 15) is 0 Å². The Bertz CT molecular complexity index is 354. The van der Waals surface area contributed by atoms with E-state index in [0.717, 1.165) is 43.8 Å². The number of benzene rings is 1. The van der Waals surface area contributed by atoms with Crippen molar-refractivity contribution in [2.75, 3.05) is 33.0 Å². The van der Waals surface area contributed by atoms with E-state index in [0.29, 0.717) is 19.8 Å². The van der Waals surface area contributed by atoms with Gasteiger partial charge in [-0.2, -0.15) is 0 Å². The maximum atomic E-state index is 6.10. The summed E-state index contributed by atoms with van der Waals surface area (Å²) in [7, 11) is 0. The molecule has 0 bridgehead atoms. The summed E-state index contributed by atoms with van der Waals surface area (Å²) in [6.07, 6.45) is 3.27. The Balaban J connectivity index is 2.17. The Morgan fingerprint density at radius 2 is 1.62 bits per heavy atom. The van der Waals surface area contributed by atoms with Crippen molar-refractivity contribution in [2.45, 2.75) is 39.2 Å². The molecule has 0 aliphatic carbocycles. The highest BCUT2D eigenvalue weighted by Crippen LogP contribution is 2.16. The lowest BCUT2D eigenvalue weighted by Gasteiger charge is -2.13. The molecular weight excluding hydrogens is 266 g/mol. The van der Waals surface area contributed by atoms with Crippen molar-refractivity contribution in [3.63, 3.8) is 0 Å². The van der Waals surface area contributed by atoms with Crippen LogP contribution in [0.5, 0.6) is 5.75 Å². The molecule has 1 rings (SSSR count). The van der Waals surface area contributed by atoms with Crippen molar-refractivity contribution in [3.8, 4) is 5.75 Å². The van der Waals surface area contributed by atoms with Crippen LogP contribution in [0.2, 0.25) is 0 Å². The first-order valence-electron chi connectivity index (χ1n) is 7.91. The van der Waals surface area contributed by atoms with Crippen molar-refractivity contribution in [3.05, 3.63) is 29.8 Å². The van der Waals surface area contributed by atoms with Gasteiger partial charge < -0.3 is 19.9 Å². The van der Waals surface area contributed by atoms with Crippen LogP contribution in [0, 0.1) is 0 Å². The zero-order valence-electron chi connectivity index (χ0n) is 13.3. The van der Waals surface area contributed by atoms with Crippen LogP contribution in [0.15, 0.2) is 24.3 Å². The van der Waals surface area contributed by atoms with E-state index in [4.69, 9.17) is 19.9 Å². The van der Waals surface area contributed by atoms with Crippen molar-refractivity contribution in [1.82, 2.24) is 0 Å². The first kappa shape index (κ1) is 18.0. The van der Waals surface area contributed by atoms with Gasteiger partial charge in [0.25, 0.3) is 0 Å². The average Bonchev–Trinajstić information content (AvgIpc) is 2.52. The maximum Gasteiger partial charge on any atom is 0.119 e. The molecule has 4 heteroatoms. The molecule has 2 N–H and O–H groups in total. The summed E-state index contributed by atoms with van der Waals surface area (Å²) in [5.74, 6) is 0.887. The molecular formula is C17H29NO3. The Kier molecular flexibility index (Phi) is 9.87. The van der Waals surface area contributed by atoms with Gasteiger partial charge in [0, 0.05) is 6.61 Å². The molecule has 21 heavy (non-hydrogen) atoms. The van der Waals surface area contributed by atoms with Crippen LogP contribution < -0.4 is 10.5 Å². The van der Waals surface area contributed by atoms with Crippen LogP contribution in [0.1, 0.15) is 44.7 Å². The first-order valence-corrected chi connectivity index (χ1v) is 7.91. The minimum absolute atomic E-state index is 0.110. The molecule has 120 valence electrons. The van der Waals surface area contributed by atoms with Gasteiger partial charge in [-0.25, -0.2) is 0 Å². The van der Waals surface area contributed by atoms with Crippen LogP contribution in [0.3, 0.4) is 0 Å². The molecule has 4 nitrogen and oxygen atoms in total. The molecule has 1 atom stereocenters. The Morgan fingerprint density at radius 1 is 0.905 bits per heavy atom. The van der Waals surface area contributed by atoms with Gasteiger partial charge in [0.1, 0.15) is 5.75 Å². The monoisotopic (exact) mass is 295 g/mol. The van der Waals surface area contributed by atoms with Crippen LogP contribution >= 0.6 is 0 Å². The third kappa shape index (κ3) is 8.05. The van der Waals surface area contributed by atoms with Gasteiger partial charge in [0.2, 0.25) is 0 Å². The molecule has 0 heterocycles. The highest BCUT2D eigenvalue weighted by atomic mass is 16.5. The topological polar surface area (TPSA) is 53.7 Å². The lowest BCUT2D eigenvalue weighted by atomic mass is 10.1. The molecule has 0 aliphatic heterocycles. The molecule has 1 aromatic carbocycles. The smallest absolute Gasteiger partial charge is 0.119 e. The molecule has 0 radical (unpaired) electrons. The summed E-state index contributed by atoms with van der Waals surface area (Å²) < 4.78 is 16.5. The van der Waals surface area contributed by atoms with E-state index in [1.54, 1.807) is 0 Å². The maximum absolute atomic E-state index is 6.10. The minimum atomic E-state index is -0.110.